The molecule has 6 nitrogen and oxygen atoms in total. The number of nitrogen functional groups attached to an aromatic ring is 1. The molecular formula is C27H27N3O3S2. The molecule has 3 aromatic heterocycles. The molecular weight excluding hydrogens is 478 g/mol. The van der Waals surface area contributed by atoms with E-state index >= 15 is 0 Å². The number of thiophene rings is 2. The van der Waals surface area contributed by atoms with Crippen molar-refractivity contribution >= 4 is 55.5 Å². The number of hydrogen-bond acceptors (Lipinski definition) is 7. The molecule has 3 N–H and O–H groups in total. The number of ether oxygens (including phenoxy) is 1. The minimum absolute atomic E-state index is 0.330. The molecule has 1 atom stereocenters. The Balaban J connectivity index is 1.51. The Bertz CT molecular complexity index is 1470. The maximum atomic E-state index is 13.4. The van der Waals surface area contributed by atoms with E-state index in [0.717, 1.165) is 56.7 Å². The second kappa shape index (κ2) is 9.09. The van der Waals surface area contributed by atoms with Gasteiger partial charge in [0, 0.05) is 16.0 Å². The van der Waals surface area contributed by atoms with E-state index in [-0.39, 0.29) is 5.91 Å². The number of fused-ring (bicyclic) bond motifs is 2. The van der Waals surface area contributed by atoms with Crippen molar-refractivity contribution in [2.75, 3.05) is 18.2 Å². The second-order valence-corrected chi connectivity index (χ2v) is 11.1. The molecule has 1 unspecified atom stereocenters. The van der Waals surface area contributed by atoms with Gasteiger partial charge in [0.1, 0.15) is 14.7 Å². The van der Waals surface area contributed by atoms with Gasteiger partial charge in [0.15, 0.2) is 0 Å². The molecule has 1 aromatic carbocycles. The van der Waals surface area contributed by atoms with Gasteiger partial charge in [0.05, 0.1) is 18.4 Å². The summed E-state index contributed by atoms with van der Waals surface area (Å²) < 4.78 is 5.10. The minimum atomic E-state index is -0.427. The molecule has 35 heavy (non-hydrogen) atoms. The molecule has 1 aliphatic rings. The lowest BCUT2D eigenvalue weighted by Crippen LogP contribution is -2.16. The fourth-order valence-corrected chi connectivity index (χ4v) is 7.31. The molecule has 0 saturated carbocycles. The van der Waals surface area contributed by atoms with E-state index in [1.807, 2.05) is 26.8 Å². The third kappa shape index (κ3) is 4.00. The number of esters is 1. The number of nitrogens with two attached hydrogens (primary N) is 1. The Kier molecular flexibility index (Phi) is 6.11. The van der Waals surface area contributed by atoms with E-state index in [2.05, 4.69) is 34.6 Å². The van der Waals surface area contributed by atoms with Gasteiger partial charge >= 0.3 is 5.97 Å². The van der Waals surface area contributed by atoms with Crippen molar-refractivity contribution in [3.8, 4) is 0 Å². The number of hydrogen-bond donors (Lipinski definition) is 2. The lowest BCUT2D eigenvalue weighted by Gasteiger charge is -2.22. The van der Waals surface area contributed by atoms with Gasteiger partial charge in [-0.05, 0) is 68.2 Å². The molecule has 8 heteroatoms. The molecule has 1 aliphatic carbocycles. The number of rotatable bonds is 4. The third-order valence-corrected chi connectivity index (χ3v) is 9.30. The predicted molar refractivity (Wildman–Crippen MR) is 143 cm³/mol. The number of methoxy groups -OCH3 is 1. The van der Waals surface area contributed by atoms with Gasteiger partial charge in [-0.3, -0.25) is 4.79 Å². The molecule has 0 fully saturated rings. The van der Waals surface area contributed by atoms with Crippen LogP contribution in [0.15, 0.2) is 30.3 Å². The van der Waals surface area contributed by atoms with E-state index in [4.69, 9.17) is 10.5 Å². The Labute approximate surface area is 212 Å². The summed E-state index contributed by atoms with van der Waals surface area (Å²) in [5, 5.41) is 4.33. The quantitative estimate of drug-likeness (QED) is 0.323. The van der Waals surface area contributed by atoms with Gasteiger partial charge in [-0.2, -0.15) is 0 Å². The van der Waals surface area contributed by atoms with E-state index in [9.17, 15) is 9.59 Å². The van der Waals surface area contributed by atoms with Crippen molar-refractivity contribution in [2.24, 2.45) is 0 Å². The van der Waals surface area contributed by atoms with Crippen LogP contribution in [0.25, 0.3) is 10.2 Å². The van der Waals surface area contributed by atoms with Crippen molar-refractivity contribution in [3.63, 3.8) is 0 Å². The van der Waals surface area contributed by atoms with Crippen molar-refractivity contribution in [1.82, 2.24) is 4.98 Å². The molecule has 180 valence electrons. The van der Waals surface area contributed by atoms with Crippen LogP contribution in [0, 0.1) is 20.8 Å². The van der Waals surface area contributed by atoms with Crippen LogP contribution < -0.4 is 11.1 Å². The second-order valence-electron chi connectivity index (χ2n) is 8.98. The molecule has 4 aromatic rings. The number of benzene rings is 1. The van der Waals surface area contributed by atoms with E-state index in [1.54, 1.807) is 0 Å². The monoisotopic (exact) mass is 505 g/mol. The minimum Gasteiger partial charge on any atom is -0.465 e. The van der Waals surface area contributed by atoms with E-state index in [0.29, 0.717) is 27.0 Å². The zero-order chi connectivity index (χ0) is 24.9. The van der Waals surface area contributed by atoms with Gasteiger partial charge in [0.25, 0.3) is 5.91 Å². The van der Waals surface area contributed by atoms with E-state index < -0.39 is 5.97 Å². The van der Waals surface area contributed by atoms with Crippen molar-refractivity contribution in [1.29, 1.82) is 0 Å². The molecule has 5 rings (SSSR count). The maximum absolute atomic E-state index is 13.4. The number of aryl methyl sites for hydroxylation is 2. The number of carbonyl (C=O) groups is 2. The largest absolute Gasteiger partial charge is 0.465 e. The third-order valence-electron chi connectivity index (χ3n) is 7.04. The van der Waals surface area contributed by atoms with Crippen LogP contribution in [0.2, 0.25) is 0 Å². The zero-order valence-electron chi connectivity index (χ0n) is 20.2. The fraction of sp³-hybridized carbons (Fsp3) is 0.296. The summed E-state index contributed by atoms with van der Waals surface area (Å²) in [5.41, 5.74) is 12.6. The van der Waals surface area contributed by atoms with Gasteiger partial charge in [-0.15, -0.1) is 22.7 Å². The number of carbonyl (C=O) groups excluding carboxylic acids is 2. The molecule has 1 amide bonds. The summed E-state index contributed by atoms with van der Waals surface area (Å²) in [4.78, 5) is 33.1. The number of aromatic nitrogens is 1. The Morgan fingerprint density at radius 1 is 1.11 bits per heavy atom. The number of amides is 1. The van der Waals surface area contributed by atoms with Crippen LogP contribution >= 0.6 is 22.7 Å². The first-order chi connectivity index (χ1) is 16.8. The van der Waals surface area contributed by atoms with Crippen molar-refractivity contribution < 1.29 is 14.3 Å². The zero-order valence-corrected chi connectivity index (χ0v) is 21.8. The van der Waals surface area contributed by atoms with Crippen LogP contribution in [0.1, 0.15) is 65.2 Å². The average Bonchev–Trinajstić information content (AvgIpc) is 3.39. The Hall–Kier alpha value is -3.23. The van der Waals surface area contributed by atoms with Gasteiger partial charge < -0.3 is 15.8 Å². The predicted octanol–water partition coefficient (Wildman–Crippen LogP) is 6.18. The highest BCUT2D eigenvalue weighted by molar-refractivity contribution is 7.21. The summed E-state index contributed by atoms with van der Waals surface area (Å²) in [6, 6.07) is 10.4. The molecule has 0 aliphatic heterocycles. The maximum Gasteiger partial charge on any atom is 0.341 e. The first-order valence-corrected chi connectivity index (χ1v) is 13.2. The van der Waals surface area contributed by atoms with Crippen molar-refractivity contribution in [3.05, 3.63) is 73.6 Å². The first kappa shape index (κ1) is 23.5. The lowest BCUT2D eigenvalue weighted by molar-refractivity contribution is 0.0601. The van der Waals surface area contributed by atoms with Crippen LogP contribution in [0.4, 0.5) is 10.7 Å². The summed E-state index contributed by atoms with van der Waals surface area (Å²) in [7, 11) is 1.37. The standard InChI is InChI=1S/C27H27N3O3S2/c1-13-14(2)20-22(28)23(35-25(20)29-15(13)3)24(31)30-26-21(27(32)33-4)18-11-10-17(12-19(18)34-26)16-8-6-5-7-9-16/h5-9,17H,10-12,28H2,1-4H3,(H,30,31). The van der Waals surface area contributed by atoms with Gasteiger partial charge in [-0.25, -0.2) is 9.78 Å². The summed E-state index contributed by atoms with van der Waals surface area (Å²) in [6.45, 7) is 5.97. The average molecular weight is 506 g/mol. The molecule has 0 bridgehead atoms. The Morgan fingerprint density at radius 3 is 2.57 bits per heavy atom. The number of nitrogens with one attached hydrogen (secondary N) is 1. The van der Waals surface area contributed by atoms with Crippen LogP contribution in [0.5, 0.6) is 0 Å². The summed E-state index contributed by atoms with van der Waals surface area (Å²) in [5.74, 6) is -0.372. The topological polar surface area (TPSA) is 94.3 Å². The molecule has 0 saturated heterocycles. The highest BCUT2D eigenvalue weighted by Crippen LogP contribution is 2.43. The lowest BCUT2D eigenvalue weighted by atomic mass is 9.83. The molecule has 0 spiro atoms. The van der Waals surface area contributed by atoms with Crippen LogP contribution in [0.3, 0.4) is 0 Å². The van der Waals surface area contributed by atoms with Crippen LogP contribution in [-0.4, -0.2) is 24.0 Å². The normalized spacial score (nSPS) is 15.1. The van der Waals surface area contributed by atoms with E-state index in [1.165, 1.54) is 35.3 Å². The summed E-state index contributed by atoms with van der Waals surface area (Å²) in [6.07, 6.45) is 2.53. The Morgan fingerprint density at radius 2 is 1.86 bits per heavy atom. The van der Waals surface area contributed by atoms with Crippen molar-refractivity contribution in [2.45, 2.75) is 46.0 Å². The number of nitrogens with zero attached hydrogens (tertiary/aromatic N) is 1. The number of anilines is 2. The highest BCUT2D eigenvalue weighted by atomic mass is 32.1. The number of pyridine rings is 1. The SMILES string of the molecule is COC(=O)c1c(NC(=O)c2sc3nc(C)c(C)c(C)c3c2N)sc2c1CCC(c1ccccc1)C2. The smallest absolute Gasteiger partial charge is 0.341 e. The first-order valence-electron chi connectivity index (χ1n) is 11.5. The molecule has 0 radical (unpaired) electrons. The summed E-state index contributed by atoms with van der Waals surface area (Å²) >= 11 is 2.74. The van der Waals surface area contributed by atoms with Gasteiger partial charge in [-0.1, -0.05) is 30.3 Å². The van der Waals surface area contributed by atoms with Gasteiger partial charge in [0.2, 0.25) is 0 Å². The van der Waals surface area contributed by atoms with Crippen LogP contribution in [-0.2, 0) is 17.6 Å². The highest BCUT2D eigenvalue weighted by Gasteiger charge is 2.31. The fourth-order valence-electron chi connectivity index (χ4n) is 4.90. The molecule has 3 heterocycles.